The van der Waals surface area contributed by atoms with E-state index in [0.717, 1.165) is 41.1 Å². The Morgan fingerprint density at radius 3 is 2.89 bits per heavy atom. The first-order valence-electron chi connectivity index (χ1n) is 9.17. The summed E-state index contributed by atoms with van der Waals surface area (Å²) in [6, 6.07) is 13.6. The molecule has 2 aromatic rings. The molecule has 1 fully saturated rings. The van der Waals surface area contributed by atoms with Crippen molar-refractivity contribution >= 4 is 28.8 Å². The quantitative estimate of drug-likeness (QED) is 0.586. The van der Waals surface area contributed by atoms with E-state index in [2.05, 4.69) is 23.1 Å². The second-order valence-corrected chi connectivity index (χ2v) is 7.18. The lowest BCUT2D eigenvalue weighted by molar-refractivity contribution is 0.0600. The Hall–Kier alpha value is -2.70. The number of nitrogens with zero attached hydrogens (tertiary/aromatic N) is 1. The molecule has 0 saturated carbocycles. The molecule has 2 aromatic carbocycles. The van der Waals surface area contributed by atoms with Crippen LogP contribution < -0.4 is 4.74 Å². The average Bonchev–Trinajstić information content (AvgIpc) is 2.88. The second kappa shape index (κ2) is 8.12. The van der Waals surface area contributed by atoms with Crippen molar-refractivity contribution in [3.05, 3.63) is 70.8 Å². The molecule has 0 aliphatic carbocycles. The first kappa shape index (κ1) is 18.7. The Balaban J connectivity index is 1.77. The minimum Gasteiger partial charge on any atom is -0.488 e. The highest BCUT2D eigenvalue weighted by molar-refractivity contribution is 7.80. The molecule has 0 N–H and O–H groups in total. The molecule has 0 bridgehead atoms. The Morgan fingerprint density at radius 1 is 1.21 bits per heavy atom. The van der Waals surface area contributed by atoms with Gasteiger partial charge in [-0.25, -0.2) is 4.79 Å². The minimum atomic E-state index is -0.363. The highest BCUT2D eigenvalue weighted by Crippen LogP contribution is 2.37. The third-order valence-electron chi connectivity index (χ3n) is 4.96. The Bertz CT molecular complexity index is 953. The van der Waals surface area contributed by atoms with Crippen molar-refractivity contribution in [3.63, 3.8) is 0 Å². The SMILES string of the molecule is COC(=O)c1ccc2c(c1)/C(=C\CN1CCOC(=S)C1)c1ccccc1CO2. The Labute approximate surface area is 169 Å². The average molecular weight is 395 g/mol. The summed E-state index contributed by atoms with van der Waals surface area (Å²) in [4.78, 5) is 14.3. The molecule has 0 aromatic heterocycles. The number of hydrogen-bond acceptors (Lipinski definition) is 6. The summed E-state index contributed by atoms with van der Waals surface area (Å²) in [5.41, 5.74) is 4.67. The molecule has 0 radical (unpaired) electrons. The summed E-state index contributed by atoms with van der Waals surface area (Å²) in [5, 5.41) is 0.627. The van der Waals surface area contributed by atoms with Gasteiger partial charge in [0.2, 0.25) is 0 Å². The molecule has 5 nitrogen and oxygen atoms in total. The number of esters is 1. The van der Waals surface area contributed by atoms with E-state index < -0.39 is 0 Å². The van der Waals surface area contributed by atoms with E-state index in [4.69, 9.17) is 26.4 Å². The maximum atomic E-state index is 12.1. The summed E-state index contributed by atoms with van der Waals surface area (Å²) in [5.74, 6) is 0.394. The number of fused-ring (bicyclic) bond motifs is 2. The van der Waals surface area contributed by atoms with Crippen LogP contribution in [0.5, 0.6) is 5.75 Å². The summed E-state index contributed by atoms with van der Waals surface area (Å²) in [6.07, 6.45) is 2.18. The van der Waals surface area contributed by atoms with Gasteiger partial charge in [-0.05, 0) is 47.1 Å². The van der Waals surface area contributed by atoms with Crippen molar-refractivity contribution in [3.8, 4) is 5.75 Å². The molecule has 1 saturated heterocycles. The molecule has 2 heterocycles. The van der Waals surface area contributed by atoms with Crippen molar-refractivity contribution in [2.24, 2.45) is 0 Å². The molecule has 144 valence electrons. The van der Waals surface area contributed by atoms with Gasteiger partial charge in [-0.15, -0.1) is 0 Å². The molecule has 2 aliphatic rings. The minimum absolute atomic E-state index is 0.363. The number of rotatable bonds is 3. The van der Waals surface area contributed by atoms with Crippen LogP contribution in [0.25, 0.3) is 5.57 Å². The number of benzene rings is 2. The fraction of sp³-hybridized carbons (Fsp3) is 0.273. The highest BCUT2D eigenvalue weighted by Gasteiger charge is 2.22. The standard InChI is InChI=1S/C22H21NO4S/c1-25-22(24)15-6-7-20-19(12-15)18(8-9-23-10-11-26-21(28)13-23)17-5-3-2-4-16(17)14-27-20/h2-8,12H,9-11,13-14H2,1H3/b18-8-. The fourth-order valence-corrected chi connectivity index (χ4v) is 3.78. The van der Waals surface area contributed by atoms with Gasteiger partial charge in [0.25, 0.3) is 0 Å². The van der Waals surface area contributed by atoms with Gasteiger partial charge in [-0.2, -0.15) is 0 Å². The van der Waals surface area contributed by atoms with Crippen LogP contribution in [0.4, 0.5) is 0 Å². The largest absolute Gasteiger partial charge is 0.488 e. The van der Waals surface area contributed by atoms with E-state index in [-0.39, 0.29) is 5.97 Å². The van der Waals surface area contributed by atoms with E-state index >= 15 is 0 Å². The van der Waals surface area contributed by atoms with Crippen molar-refractivity contribution in [1.82, 2.24) is 4.90 Å². The summed E-state index contributed by atoms with van der Waals surface area (Å²) >= 11 is 5.20. The number of ether oxygens (including phenoxy) is 3. The van der Waals surface area contributed by atoms with Gasteiger partial charge in [-0.1, -0.05) is 30.3 Å². The summed E-state index contributed by atoms with van der Waals surface area (Å²) in [7, 11) is 1.39. The number of methoxy groups -OCH3 is 1. The zero-order valence-electron chi connectivity index (χ0n) is 15.6. The van der Waals surface area contributed by atoms with Crippen LogP contribution in [0.3, 0.4) is 0 Å². The summed E-state index contributed by atoms with van der Waals surface area (Å²) in [6.45, 7) is 3.31. The Morgan fingerprint density at radius 2 is 2.07 bits per heavy atom. The predicted molar refractivity (Wildman–Crippen MR) is 111 cm³/mol. The first-order valence-corrected chi connectivity index (χ1v) is 9.58. The second-order valence-electron chi connectivity index (χ2n) is 6.72. The fourth-order valence-electron chi connectivity index (χ4n) is 3.51. The molecule has 2 aliphatic heterocycles. The maximum absolute atomic E-state index is 12.1. The normalized spacial score (nSPS) is 17.8. The van der Waals surface area contributed by atoms with Crippen molar-refractivity contribution < 1.29 is 19.0 Å². The van der Waals surface area contributed by atoms with Crippen molar-refractivity contribution in [2.45, 2.75) is 6.61 Å². The van der Waals surface area contributed by atoms with Crippen LogP contribution in [-0.2, 0) is 16.1 Å². The zero-order chi connectivity index (χ0) is 19.5. The van der Waals surface area contributed by atoms with Gasteiger partial charge >= 0.3 is 5.97 Å². The van der Waals surface area contributed by atoms with Crippen LogP contribution in [0, 0.1) is 0 Å². The van der Waals surface area contributed by atoms with Crippen LogP contribution in [0.1, 0.15) is 27.0 Å². The van der Waals surface area contributed by atoms with Gasteiger partial charge in [0.05, 0.1) is 19.2 Å². The molecular weight excluding hydrogens is 374 g/mol. The Kier molecular flexibility index (Phi) is 5.41. The lowest BCUT2D eigenvalue weighted by Gasteiger charge is -2.26. The van der Waals surface area contributed by atoms with Crippen molar-refractivity contribution in [2.75, 3.05) is 33.4 Å². The van der Waals surface area contributed by atoms with Crippen molar-refractivity contribution in [1.29, 1.82) is 0 Å². The third-order valence-corrected chi connectivity index (χ3v) is 5.21. The van der Waals surface area contributed by atoms with E-state index in [1.807, 2.05) is 24.3 Å². The number of morpholine rings is 1. The molecular formula is C22H21NO4S. The van der Waals surface area contributed by atoms with Gasteiger partial charge in [0, 0.05) is 18.7 Å². The van der Waals surface area contributed by atoms with E-state index in [0.29, 0.717) is 30.4 Å². The number of carbonyl (C=O) groups is 1. The van der Waals surface area contributed by atoms with Gasteiger partial charge < -0.3 is 14.2 Å². The van der Waals surface area contributed by atoms with Crippen LogP contribution >= 0.6 is 12.2 Å². The smallest absolute Gasteiger partial charge is 0.337 e. The monoisotopic (exact) mass is 395 g/mol. The number of hydrogen-bond donors (Lipinski definition) is 0. The van der Waals surface area contributed by atoms with E-state index in [1.54, 1.807) is 6.07 Å². The molecule has 0 spiro atoms. The topological polar surface area (TPSA) is 48.0 Å². The molecule has 0 amide bonds. The lowest BCUT2D eigenvalue weighted by Crippen LogP contribution is -2.38. The van der Waals surface area contributed by atoms with Crippen LogP contribution in [0.15, 0.2) is 48.5 Å². The predicted octanol–water partition coefficient (Wildman–Crippen LogP) is 3.46. The van der Waals surface area contributed by atoms with E-state index in [1.165, 1.54) is 7.11 Å². The third kappa shape index (κ3) is 3.79. The number of carbonyl (C=O) groups excluding carboxylic acids is 1. The molecule has 0 unspecified atom stereocenters. The van der Waals surface area contributed by atoms with Gasteiger partial charge in [0.15, 0.2) is 5.05 Å². The van der Waals surface area contributed by atoms with E-state index in [9.17, 15) is 4.79 Å². The zero-order valence-corrected chi connectivity index (χ0v) is 16.5. The first-order chi connectivity index (χ1) is 13.7. The van der Waals surface area contributed by atoms with Gasteiger partial charge in [0.1, 0.15) is 19.0 Å². The van der Waals surface area contributed by atoms with Crippen LogP contribution in [-0.4, -0.2) is 49.3 Å². The molecule has 0 atom stereocenters. The molecule has 28 heavy (non-hydrogen) atoms. The molecule has 4 rings (SSSR count). The molecule has 6 heteroatoms. The highest BCUT2D eigenvalue weighted by atomic mass is 32.1. The summed E-state index contributed by atoms with van der Waals surface area (Å²) < 4.78 is 16.3. The van der Waals surface area contributed by atoms with Gasteiger partial charge in [-0.3, -0.25) is 4.90 Å². The maximum Gasteiger partial charge on any atom is 0.337 e. The van der Waals surface area contributed by atoms with Crippen LogP contribution in [0.2, 0.25) is 0 Å². The number of thiocarbonyl (C=S) groups is 1. The lowest BCUT2D eigenvalue weighted by atomic mass is 9.93.